The van der Waals surface area contributed by atoms with Crippen LogP contribution in [0.1, 0.15) is 56.8 Å². The third kappa shape index (κ3) is 8.88. The summed E-state index contributed by atoms with van der Waals surface area (Å²) in [5.41, 5.74) is 0.464. The van der Waals surface area contributed by atoms with Crippen molar-refractivity contribution in [2.75, 3.05) is 0 Å². The molecule has 8 aromatic rings. The number of H-pyrrole nitrogens is 2. The summed E-state index contributed by atoms with van der Waals surface area (Å²) >= 11 is 0. The predicted octanol–water partition coefficient (Wildman–Crippen LogP) is 8.93. The van der Waals surface area contributed by atoms with Gasteiger partial charge in [-0.25, -0.2) is 19.8 Å². The van der Waals surface area contributed by atoms with Crippen molar-refractivity contribution in [3.63, 3.8) is 0 Å². The fourth-order valence-electron chi connectivity index (χ4n) is 6.15. The molecule has 2 aromatic heterocycles. The molecule has 0 unspecified atom stereocenters. The van der Waals surface area contributed by atoms with Crippen molar-refractivity contribution in [1.82, 2.24) is 9.97 Å². The Morgan fingerprint density at radius 3 is 1.21 bits per heavy atom. The molecule has 0 aliphatic carbocycles. The van der Waals surface area contributed by atoms with E-state index in [-0.39, 0.29) is 89.3 Å². The number of para-hydroxylation sites is 2. The van der Waals surface area contributed by atoms with E-state index in [9.17, 15) is 49.2 Å². The maximum absolute atomic E-state index is 12.8. The van der Waals surface area contributed by atoms with Crippen LogP contribution in [0.3, 0.4) is 0 Å². The number of azo groups is 2. The van der Waals surface area contributed by atoms with E-state index in [1.807, 2.05) is 0 Å². The van der Waals surface area contributed by atoms with Crippen LogP contribution in [0.2, 0.25) is 0 Å². The number of fused-ring (bicyclic) bond motifs is 2. The first-order valence-corrected chi connectivity index (χ1v) is 17.7. The number of aromatic nitrogens is 2. The number of aromatic carboxylic acids is 2. The molecule has 0 atom stereocenters. The second kappa shape index (κ2) is 18.0. The van der Waals surface area contributed by atoms with Gasteiger partial charge >= 0.3 is 16.2 Å². The minimum absolute atomic E-state index is 0. The number of carboxylic acid groups (broad SMARTS) is 2. The Morgan fingerprint density at radius 1 is 0.492 bits per heavy atom. The molecule has 302 valence electrons. The van der Waals surface area contributed by atoms with Gasteiger partial charge in [0.05, 0.1) is 11.1 Å². The van der Waals surface area contributed by atoms with Gasteiger partial charge in [-0.05, 0) is 48.5 Å². The standard InChI is InChI=1S/2C22H14N3O5.Cr/c2*26-18-10-9-12(20(27)13-5-1-2-6-14(13)22(29)30)11-17(18)24-25-19-15-7-3-4-8-16(15)23-21(19)28;/h2*1-11,26H,(H,23,28)(H,29,30);/q2*-1;/p+3. The number of hydrogen-bond donors (Lipinski definition) is 6. The van der Waals surface area contributed by atoms with Gasteiger partial charge in [-0.2, -0.15) is 22.4 Å². The molecule has 0 saturated carbocycles. The summed E-state index contributed by atoms with van der Waals surface area (Å²) in [4.78, 5) is 78.0. The number of carbonyl (C=O) groups is 4. The molecule has 6 N–H and O–H groups in total. The van der Waals surface area contributed by atoms with Crippen molar-refractivity contribution in [3.05, 3.63) is 188 Å². The Kier molecular flexibility index (Phi) is 12.5. The van der Waals surface area contributed by atoms with E-state index in [2.05, 4.69) is 30.4 Å². The summed E-state index contributed by atoms with van der Waals surface area (Å²) in [5, 5.41) is 55.8. The number of carboxylic acids is 2. The Labute approximate surface area is 357 Å². The third-order valence-corrected chi connectivity index (χ3v) is 9.09. The van der Waals surface area contributed by atoms with Crippen LogP contribution in [-0.2, 0) is 17.4 Å². The topological polar surface area (TPSA) is 264 Å². The molecule has 6 aromatic carbocycles. The van der Waals surface area contributed by atoms with Crippen molar-refractivity contribution >= 4 is 68.1 Å². The van der Waals surface area contributed by atoms with Gasteiger partial charge in [-0.15, -0.1) is 22.9 Å². The molecule has 0 spiro atoms. The maximum Gasteiger partial charge on any atom is 1.00 e. The van der Waals surface area contributed by atoms with Gasteiger partial charge < -0.3 is 30.4 Å². The number of nitrogens with zero attached hydrogens (tertiary/aromatic N) is 4. The second-order valence-electron chi connectivity index (χ2n) is 12.9. The molecule has 0 fully saturated rings. The Morgan fingerprint density at radius 2 is 0.836 bits per heavy atom. The van der Waals surface area contributed by atoms with Gasteiger partial charge in [0, 0.05) is 51.0 Å². The van der Waals surface area contributed by atoms with Gasteiger partial charge in [0.15, 0.2) is 11.6 Å². The van der Waals surface area contributed by atoms with E-state index in [0.717, 1.165) is 0 Å². The molecule has 0 saturated heterocycles. The van der Waals surface area contributed by atoms with Gasteiger partial charge in [0.2, 0.25) is 11.1 Å². The van der Waals surface area contributed by atoms with Crippen molar-refractivity contribution < 1.29 is 61.2 Å². The zero-order valence-corrected chi connectivity index (χ0v) is 32.4. The number of ketones is 2. The number of carbonyl (C=O) groups excluding carboxylic acids is 2. The fourth-order valence-corrected chi connectivity index (χ4v) is 6.15. The summed E-state index contributed by atoms with van der Waals surface area (Å²) in [6, 6.07) is 33.4. The van der Waals surface area contributed by atoms with E-state index >= 15 is 0 Å². The monoisotopic (exact) mass is 855 g/mol. The van der Waals surface area contributed by atoms with Crippen LogP contribution in [0.15, 0.2) is 164 Å². The summed E-state index contributed by atoms with van der Waals surface area (Å²) in [5.74, 6) is -4.01. The van der Waals surface area contributed by atoms with Crippen molar-refractivity contribution in [2.45, 2.75) is 0 Å². The number of aromatic amines is 2. The molecule has 17 heteroatoms. The van der Waals surface area contributed by atoms with Crippen molar-refractivity contribution in [3.8, 4) is 11.5 Å². The van der Waals surface area contributed by atoms with Gasteiger partial charge in [0.25, 0.3) is 0 Å². The van der Waals surface area contributed by atoms with Crippen molar-refractivity contribution in [2.24, 2.45) is 20.5 Å². The number of aromatic hydroxyl groups is 2. The number of phenolic OH excluding ortho intramolecular Hbond substituents is 2. The predicted molar refractivity (Wildman–Crippen MR) is 222 cm³/mol. The van der Waals surface area contributed by atoms with Crippen LogP contribution in [0.4, 0.5) is 22.7 Å². The Balaban J connectivity index is 0.000000320. The normalized spacial score (nSPS) is 11.0. The number of hydrogen-bond acceptors (Lipinski definition) is 12. The quantitative estimate of drug-likeness (QED) is 0.0432. The van der Waals surface area contributed by atoms with Crippen LogP contribution in [-0.4, -0.2) is 53.9 Å². The average molecular weight is 856 g/mol. The van der Waals surface area contributed by atoms with E-state index in [1.54, 1.807) is 60.7 Å². The Hall–Kier alpha value is -8.39. The summed E-state index contributed by atoms with van der Waals surface area (Å²) in [6.45, 7) is 0. The first-order valence-electron chi connectivity index (χ1n) is 17.7. The SMILES string of the molecule is O=C(O)c1ccccc1C(=O)c1ccc(O)c(N=N[c-]2c(=O)[nH]c3ccccc32)c1.O=C(O)c1ccccc1C(=O)c1ccc(O)c(N=N[c-]2c(=O)[nH]c3ccccc32)c1.[Cr].[H+].[H+].[H+]. The first-order chi connectivity index (χ1) is 28.9. The number of benzene rings is 6. The summed E-state index contributed by atoms with van der Waals surface area (Å²) in [6.07, 6.45) is 0. The molecule has 0 aliphatic rings. The largest absolute Gasteiger partial charge is 1.00 e. The fraction of sp³-hybridized carbons (Fsp3) is 0. The van der Waals surface area contributed by atoms with Gasteiger partial charge in [-0.3, -0.25) is 19.2 Å². The molecule has 0 amide bonds. The van der Waals surface area contributed by atoms with Gasteiger partial charge in [-0.1, -0.05) is 71.7 Å². The van der Waals surface area contributed by atoms with E-state index < -0.39 is 34.6 Å². The average Bonchev–Trinajstić information content (AvgIpc) is 3.76. The zero-order valence-electron chi connectivity index (χ0n) is 34.1. The van der Waals surface area contributed by atoms with Crippen LogP contribution < -0.4 is 11.1 Å². The molecule has 61 heavy (non-hydrogen) atoms. The molecule has 0 aliphatic heterocycles. The van der Waals surface area contributed by atoms with Crippen LogP contribution in [0.25, 0.3) is 21.8 Å². The molecule has 16 nitrogen and oxygen atoms in total. The van der Waals surface area contributed by atoms with Crippen LogP contribution in [0, 0.1) is 0 Å². The second-order valence-corrected chi connectivity index (χ2v) is 12.9. The smallest absolute Gasteiger partial charge is 0.506 e. The molecule has 0 radical (unpaired) electrons. The molecule has 0 bridgehead atoms. The minimum atomic E-state index is -1.22. The number of phenols is 2. The number of nitrogens with one attached hydrogen (secondary N) is 2. The first kappa shape index (κ1) is 42.2. The molecule has 2 heterocycles. The molecular formula is C44H31CrN6O10+. The molecular weight excluding hydrogens is 825 g/mol. The minimum Gasteiger partial charge on any atom is -0.506 e. The van der Waals surface area contributed by atoms with Crippen LogP contribution in [0.5, 0.6) is 11.5 Å². The van der Waals surface area contributed by atoms with E-state index in [0.29, 0.717) is 21.8 Å². The third-order valence-electron chi connectivity index (χ3n) is 9.09. The summed E-state index contributed by atoms with van der Waals surface area (Å²) in [7, 11) is 0. The zero-order chi connectivity index (χ0) is 42.5. The van der Waals surface area contributed by atoms with E-state index in [4.69, 9.17) is 0 Å². The molecule has 8 rings (SSSR count). The van der Waals surface area contributed by atoms with Crippen LogP contribution >= 0.6 is 0 Å². The maximum atomic E-state index is 12.8. The number of rotatable bonds is 10. The van der Waals surface area contributed by atoms with Crippen molar-refractivity contribution in [1.29, 1.82) is 0 Å². The Bertz CT molecular complexity index is 3000. The summed E-state index contributed by atoms with van der Waals surface area (Å²) < 4.78 is 0. The van der Waals surface area contributed by atoms with Gasteiger partial charge in [0.1, 0.15) is 22.9 Å². The van der Waals surface area contributed by atoms with E-state index in [1.165, 1.54) is 72.8 Å².